The summed E-state index contributed by atoms with van der Waals surface area (Å²) in [4.78, 5) is 16.4. The van der Waals surface area contributed by atoms with Crippen molar-refractivity contribution >= 4 is 5.91 Å². The summed E-state index contributed by atoms with van der Waals surface area (Å²) in [5, 5.41) is 7.56. The number of rotatable bonds is 6. The van der Waals surface area contributed by atoms with Gasteiger partial charge in [0.1, 0.15) is 12.7 Å². The topological polar surface area (TPSA) is 54.3 Å². The van der Waals surface area contributed by atoms with Crippen molar-refractivity contribution in [3.8, 4) is 0 Å². The van der Waals surface area contributed by atoms with Crippen LogP contribution in [0.2, 0.25) is 0 Å². The Morgan fingerprint density at radius 2 is 1.90 bits per heavy atom. The summed E-state index contributed by atoms with van der Waals surface area (Å²) < 4.78 is 1.92. The Balaban J connectivity index is 1.76. The number of carbonyl (C=O) groups excluding carboxylic acids is 1. The van der Waals surface area contributed by atoms with Crippen LogP contribution in [0.1, 0.15) is 32.6 Å². The van der Waals surface area contributed by atoms with Crippen molar-refractivity contribution in [1.29, 1.82) is 0 Å². The van der Waals surface area contributed by atoms with Gasteiger partial charge in [-0.3, -0.25) is 9.69 Å². The van der Waals surface area contributed by atoms with Crippen LogP contribution in [0.3, 0.4) is 0 Å². The average molecular weight is 293 g/mol. The van der Waals surface area contributed by atoms with Gasteiger partial charge in [0, 0.05) is 26.2 Å². The van der Waals surface area contributed by atoms with Gasteiger partial charge in [-0.2, -0.15) is 0 Å². The SMILES string of the molecule is C[C@H]1CCCC[C@H]1N(C)C(=O)CN(C)CCn1cnnc1. The highest BCUT2D eigenvalue weighted by atomic mass is 16.2. The Kier molecular flexibility index (Phi) is 5.73. The van der Waals surface area contributed by atoms with E-state index in [0.29, 0.717) is 18.5 Å². The summed E-state index contributed by atoms with van der Waals surface area (Å²) in [7, 11) is 3.95. The highest BCUT2D eigenvalue weighted by Crippen LogP contribution is 2.27. The van der Waals surface area contributed by atoms with Gasteiger partial charge in [-0.15, -0.1) is 10.2 Å². The molecule has 0 radical (unpaired) electrons. The summed E-state index contributed by atoms with van der Waals surface area (Å²) >= 11 is 0. The predicted molar refractivity (Wildman–Crippen MR) is 81.7 cm³/mol. The second kappa shape index (κ2) is 7.54. The lowest BCUT2D eigenvalue weighted by atomic mass is 9.85. The highest BCUT2D eigenvalue weighted by molar-refractivity contribution is 5.78. The molecule has 0 aromatic carbocycles. The Morgan fingerprint density at radius 3 is 2.57 bits per heavy atom. The van der Waals surface area contributed by atoms with Crippen molar-refractivity contribution < 1.29 is 4.79 Å². The van der Waals surface area contributed by atoms with Crippen LogP contribution in [0.15, 0.2) is 12.7 Å². The van der Waals surface area contributed by atoms with E-state index in [-0.39, 0.29) is 5.91 Å². The quantitative estimate of drug-likeness (QED) is 0.792. The fraction of sp³-hybridized carbons (Fsp3) is 0.800. The fourth-order valence-electron chi connectivity index (χ4n) is 3.10. The van der Waals surface area contributed by atoms with Crippen LogP contribution in [0.4, 0.5) is 0 Å². The highest BCUT2D eigenvalue weighted by Gasteiger charge is 2.27. The van der Waals surface area contributed by atoms with Crippen molar-refractivity contribution in [1.82, 2.24) is 24.6 Å². The van der Waals surface area contributed by atoms with Crippen LogP contribution in [-0.4, -0.2) is 63.7 Å². The molecule has 1 aliphatic rings. The Labute approximate surface area is 127 Å². The number of hydrogen-bond acceptors (Lipinski definition) is 4. The smallest absolute Gasteiger partial charge is 0.236 e. The molecule has 2 rings (SSSR count). The van der Waals surface area contributed by atoms with Crippen LogP contribution in [0.25, 0.3) is 0 Å². The molecule has 1 fully saturated rings. The number of likely N-dealkylation sites (N-methyl/N-ethyl adjacent to an activating group) is 2. The maximum absolute atomic E-state index is 12.4. The zero-order valence-electron chi connectivity index (χ0n) is 13.4. The molecular formula is C15H27N5O. The van der Waals surface area contributed by atoms with Crippen LogP contribution < -0.4 is 0 Å². The van der Waals surface area contributed by atoms with Gasteiger partial charge < -0.3 is 9.47 Å². The van der Waals surface area contributed by atoms with E-state index < -0.39 is 0 Å². The lowest BCUT2D eigenvalue weighted by Gasteiger charge is -2.37. The zero-order chi connectivity index (χ0) is 15.2. The molecule has 0 unspecified atom stereocenters. The molecule has 1 aromatic rings. The monoisotopic (exact) mass is 293 g/mol. The van der Waals surface area contributed by atoms with E-state index in [0.717, 1.165) is 19.5 Å². The summed E-state index contributed by atoms with van der Waals surface area (Å²) in [6, 6.07) is 0.414. The minimum absolute atomic E-state index is 0.222. The molecule has 0 bridgehead atoms. The molecule has 21 heavy (non-hydrogen) atoms. The maximum atomic E-state index is 12.4. The first-order valence-electron chi connectivity index (χ1n) is 7.84. The van der Waals surface area contributed by atoms with Gasteiger partial charge in [0.25, 0.3) is 0 Å². The molecule has 1 aromatic heterocycles. The zero-order valence-corrected chi connectivity index (χ0v) is 13.4. The molecular weight excluding hydrogens is 266 g/mol. The minimum atomic E-state index is 0.222. The van der Waals surface area contributed by atoms with Crippen molar-refractivity contribution in [2.75, 3.05) is 27.2 Å². The molecule has 0 spiro atoms. The van der Waals surface area contributed by atoms with Crippen molar-refractivity contribution in [3.05, 3.63) is 12.7 Å². The van der Waals surface area contributed by atoms with Crippen LogP contribution in [0, 0.1) is 5.92 Å². The van der Waals surface area contributed by atoms with Crippen molar-refractivity contribution in [2.24, 2.45) is 5.92 Å². The average Bonchev–Trinajstić information content (AvgIpc) is 2.98. The molecule has 118 valence electrons. The number of hydrogen-bond donors (Lipinski definition) is 0. The van der Waals surface area contributed by atoms with Gasteiger partial charge in [-0.1, -0.05) is 19.8 Å². The molecule has 6 heteroatoms. The van der Waals surface area contributed by atoms with Crippen LogP contribution in [0.5, 0.6) is 0 Å². The Hall–Kier alpha value is -1.43. The second-order valence-electron chi connectivity index (χ2n) is 6.27. The molecule has 1 heterocycles. The first kappa shape index (κ1) is 15.9. The third-order valence-electron chi connectivity index (χ3n) is 4.57. The predicted octanol–water partition coefficient (Wildman–Crippen LogP) is 1.25. The van der Waals surface area contributed by atoms with E-state index in [1.165, 1.54) is 19.3 Å². The van der Waals surface area contributed by atoms with Gasteiger partial charge >= 0.3 is 0 Å². The normalized spacial score (nSPS) is 22.5. The third-order valence-corrected chi connectivity index (χ3v) is 4.57. The van der Waals surface area contributed by atoms with Gasteiger partial charge in [-0.05, 0) is 25.8 Å². The van der Waals surface area contributed by atoms with E-state index >= 15 is 0 Å². The van der Waals surface area contributed by atoms with E-state index in [1.807, 2.05) is 23.6 Å². The van der Waals surface area contributed by atoms with Gasteiger partial charge in [0.05, 0.1) is 6.54 Å². The van der Waals surface area contributed by atoms with Gasteiger partial charge in [-0.25, -0.2) is 0 Å². The number of nitrogens with zero attached hydrogens (tertiary/aromatic N) is 5. The summed E-state index contributed by atoms with van der Waals surface area (Å²) in [6.45, 7) is 4.36. The first-order valence-corrected chi connectivity index (χ1v) is 7.84. The Morgan fingerprint density at radius 1 is 1.24 bits per heavy atom. The third kappa shape index (κ3) is 4.52. The maximum Gasteiger partial charge on any atom is 0.236 e. The van der Waals surface area contributed by atoms with Gasteiger partial charge in [0.15, 0.2) is 0 Å². The van der Waals surface area contributed by atoms with Crippen LogP contribution in [-0.2, 0) is 11.3 Å². The molecule has 0 N–H and O–H groups in total. The van der Waals surface area contributed by atoms with E-state index in [9.17, 15) is 4.79 Å². The standard InChI is InChI=1S/C15H27N5O/c1-13-6-4-5-7-14(13)19(3)15(21)10-18(2)8-9-20-11-16-17-12-20/h11-14H,4-10H2,1-3H3/t13-,14+/m0/s1. The van der Waals surface area contributed by atoms with E-state index in [2.05, 4.69) is 22.0 Å². The molecule has 1 amide bonds. The fourth-order valence-corrected chi connectivity index (χ4v) is 3.10. The number of amides is 1. The summed E-state index contributed by atoms with van der Waals surface area (Å²) in [5.41, 5.74) is 0. The summed E-state index contributed by atoms with van der Waals surface area (Å²) in [5.74, 6) is 0.843. The molecule has 1 saturated carbocycles. The summed E-state index contributed by atoms with van der Waals surface area (Å²) in [6.07, 6.45) is 8.34. The number of carbonyl (C=O) groups is 1. The molecule has 0 aliphatic heterocycles. The number of aromatic nitrogens is 3. The molecule has 1 aliphatic carbocycles. The lowest BCUT2D eigenvalue weighted by molar-refractivity contribution is -0.134. The molecule has 6 nitrogen and oxygen atoms in total. The molecule has 0 saturated heterocycles. The van der Waals surface area contributed by atoms with Crippen molar-refractivity contribution in [2.45, 2.75) is 45.2 Å². The lowest BCUT2D eigenvalue weighted by Crippen LogP contribution is -2.46. The Bertz CT molecular complexity index is 433. The molecule has 2 atom stereocenters. The first-order chi connectivity index (χ1) is 10.1. The minimum Gasteiger partial charge on any atom is -0.341 e. The largest absolute Gasteiger partial charge is 0.341 e. The van der Waals surface area contributed by atoms with Crippen LogP contribution >= 0.6 is 0 Å². The van der Waals surface area contributed by atoms with Gasteiger partial charge in [0.2, 0.25) is 5.91 Å². The van der Waals surface area contributed by atoms with E-state index in [4.69, 9.17) is 0 Å². The van der Waals surface area contributed by atoms with E-state index in [1.54, 1.807) is 12.7 Å². The second-order valence-corrected chi connectivity index (χ2v) is 6.27. The van der Waals surface area contributed by atoms with Crippen molar-refractivity contribution in [3.63, 3.8) is 0 Å².